The zero-order chi connectivity index (χ0) is 12.2. The fraction of sp³-hybridized carbons (Fsp3) is 0.538. The second-order valence-electron chi connectivity index (χ2n) is 5.83. The summed E-state index contributed by atoms with van der Waals surface area (Å²) in [7, 11) is 0. The van der Waals surface area contributed by atoms with E-state index in [1.165, 1.54) is 18.4 Å². The highest BCUT2D eigenvalue weighted by Gasteiger charge is 2.28. The molecule has 0 radical (unpaired) electrons. The Morgan fingerprint density at radius 1 is 1.29 bits per heavy atom. The van der Waals surface area contributed by atoms with Crippen LogP contribution in [0.1, 0.15) is 50.9 Å². The van der Waals surface area contributed by atoms with Crippen molar-refractivity contribution in [3.05, 3.63) is 28.1 Å². The maximum Gasteiger partial charge on any atom is 0.157 e. The van der Waals surface area contributed by atoms with Crippen LogP contribution in [0, 0.1) is 0 Å². The number of nitrogens with zero attached hydrogens (tertiary/aromatic N) is 3. The molecule has 0 aliphatic heterocycles. The van der Waals surface area contributed by atoms with Gasteiger partial charge >= 0.3 is 0 Å². The topological polar surface area (TPSA) is 30.2 Å². The molecule has 3 nitrogen and oxygen atoms in total. The molecule has 1 saturated carbocycles. The molecule has 17 heavy (non-hydrogen) atoms. The van der Waals surface area contributed by atoms with Crippen LogP contribution < -0.4 is 0 Å². The molecular weight excluding hydrogens is 278 g/mol. The normalized spacial score (nSPS) is 16.7. The molecular formula is C13H16BrN3. The molecule has 0 spiro atoms. The van der Waals surface area contributed by atoms with Crippen LogP contribution >= 0.6 is 15.9 Å². The molecule has 0 amide bonds. The minimum Gasteiger partial charge on any atom is -0.212 e. The van der Waals surface area contributed by atoms with Crippen molar-refractivity contribution < 1.29 is 0 Å². The number of halogens is 1. The first kappa shape index (κ1) is 11.2. The highest BCUT2D eigenvalue weighted by atomic mass is 79.9. The van der Waals surface area contributed by atoms with E-state index in [1.807, 2.05) is 4.52 Å². The van der Waals surface area contributed by atoms with Crippen molar-refractivity contribution in [2.75, 3.05) is 0 Å². The fourth-order valence-corrected chi connectivity index (χ4v) is 2.42. The molecule has 1 aliphatic rings. The summed E-state index contributed by atoms with van der Waals surface area (Å²) in [6.45, 7) is 6.64. The quantitative estimate of drug-likeness (QED) is 0.751. The molecule has 1 fully saturated rings. The van der Waals surface area contributed by atoms with Crippen molar-refractivity contribution in [2.45, 2.75) is 44.9 Å². The van der Waals surface area contributed by atoms with Crippen molar-refractivity contribution in [1.29, 1.82) is 0 Å². The van der Waals surface area contributed by atoms with Crippen LogP contribution in [-0.4, -0.2) is 14.6 Å². The molecule has 3 rings (SSSR count). The van der Waals surface area contributed by atoms with Crippen molar-refractivity contribution in [3.63, 3.8) is 0 Å². The summed E-state index contributed by atoms with van der Waals surface area (Å²) in [5.41, 5.74) is 2.37. The molecule has 4 heteroatoms. The van der Waals surface area contributed by atoms with Crippen LogP contribution in [0.3, 0.4) is 0 Å². The molecule has 2 aromatic heterocycles. The lowest BCUT2D eigenvalue weighted by atomic mass is 9.88. The summed E-state index contributed by atoms with van der Waals surface area (Å²) in [4.78, 5) is 4.63. The number of hydrogen-bond donors (Lipinski definition) is 0. The van der Waals surface area contributed by atoms with Crippen molar-refractivity contribution in [2.24, 2.45) is 0 Å². The van der Waals surface area contributed by atoms with Gasteiger partial charge in [0.25, 0.3) is 0 Å². The molecule has 90 valence electrons. The monoisotopic (exact) mass is 293 g/mol. The lowest BCUT2D eigenvalue weighted by Crippen LogP contribution is -2.12. The van der Waals surface area contributed by atoms with Crippen LogP contribution in [0.2, 0.25) is 0 Å². The van der Waals surface area contributed by atoms with Crippen molar-refractivity contribution in [3.8, 4) is 0 Å². The summed E-state index contributed by atoms with van der Waals surface area (Å²) in [5, 5.41) is 4.56. The molecule has 0 saturated heterocycles. The van der Waals surface area contributed by atoms with E-state index in [9.17, 15) is 0 Å². The number of rotatable bonds is 1. The fourth-order valence-electron chi connectivity index (χ4n) is 1.91. The average molecular weight is 294 g/mol. The van der Waals surface area contributed by atoms with Gasteiger partial charge in [-0.3, -0.25) is 0 Å². The Hall–Kier alpha value is -0.900. The Labute approximate surface area is 109 Å². The predicted molar refractivity (Wildman–Crippen MR) is 71.4 cm³/mol. The van der Waals surface area contributed by atoms with Gasteiger partial charge in [-0.25, -0.2) is 9.50 Å². The Bertz CT molecular complexity index is 576. The second-order valence-corrected chi connectivity index (χ2v) is 6.64. The first-order chi connectivity index (χ1) is 7.95. The zero-order valence-corrected chi connectivity index (χ0v) is 12.0. The Morgan fingerprint density at radius 3 is 2.59 bits per heavy atom. The van der Waals surface area contributed by atoms with Crippen LogP contribution in [0.25, 0.3) is 5.65 Å². The van der Waals surface area contributed by atoms with Crippen LogP contribution in [0.15, 0.2) is 16.7 Å². The van der Waals surface area contributed by atoms with Gasteiger partial charge in [-0.1, -0.05) is 20.8 Å². The van der Waals surface area contributed by atoms with Gasteiger partial charge in [-0.2, -0.15) is 0 Å². The first-order valence-electron chi connectivity index (χ1n) is 6.02. The van der Waals surface area contributed by atoms with Gasteiger partial charge in [-0.15, -0.1) is 5.10 Å². The Kier molecular flexibility index (Phi) is 2.34. The largest absolute Gasteiger partial charge is 0.212 e. The molecule has 0 aromatic carbocycles. The van der Waals surface area contributed by atoms with Gasteiger partial charge < -0.3 is 0 Å². The smallest absolute Gasteiger partial charge is 0.157 e. The van der Waals surface area contributed by atoms with E-state index < -0.39 is 0 Å². The Morgan fingerprint density at radius 2 is 2.00 bits per heavy atom. The third kappa shape index (κ3) is 1.99. The summed E-state index contributed by atoms with van der Waals surface area (Å²) in [6.07, 6.45) is 2.47. The number of fused-ring (bicyclic) bond motifs is 1. The van der Waals surface area contributed by atoms with E-state index in [4.69, 9.17) is 0 Å². The second kappa shape index (κ2) is 3.55. The van der Waals surface area contributed by atoms with Crippen LogP contribution in [-0.2, 0) is 5.41 Å². The molecule has 0 atom stereocenters. The molecule has 0 unspecified atom stereocenters. The maximum atomic E-state index is 4.63. The van der Waals surface area contributed by atoms with Crippen molar-refractivity contribution in [1.82, 2.24) is 14.6 Å². The predicted octanol–water partition coefficient (Wildman–Crippen LogP) is 3.67. The lowest BCUT2D eigenvalue weighted by Gasteiger charge is -2.19. The van der Waals surface area contributed by atoms with E-state index in [2.05, 4.69) is 58.9 Å². The van der Waals surface area contributed by atoms with Crippen LogP contribution in [0.5, 0.6) is 0 Å². The van der Waals surface area contributed by atoms with Gasteiger partial charge in [0.15, 0.2) is 11.5 Å². The third-order valence-electron chi connectivity index (χ3n) is 3.22. The molecule has 0 bridgehead atoms. The number of hydrogen-bond acceptors (Lipinski definition) is 2. The highest BCUT2D eigenvalue weighted by molar-refractivity contribution is 9.10. The number of pyridine rings is 1. The summed E-state index contributed by atoms with van der Waals surface area (Å²) >= 11 is 3.58. The van der Waals surface area contributed by atoms with Crippen LogP contribution in [0.4, 0.5) is 0 Å². The summed E-state index contributed by atoms with van der Waals surface area (Å²) < 4.78 is 2.88. The van der Waals surface area contributed by atoms with E-state index >= 15 is 0 Å². The van der Waals surface area contributed by atoms with Gasteiger partial charge in [0.05, 0.1) is 0 Å². The van der Waals surface area contributed by atoms with E-state index in [0.29, 0.717) is 5.92 Å². The van der Waals surface area contributed by atoms with E-state index in [1.54, 1.807) is 0 Å². The van der Waals surface area contributed by atoms with E-state index in [0.717, 1.165) is 16.1 Å². The van der Waals surface area contributed by atoms with Gasteiger partial charge in [-0.05, 0) is 51.9 Å². The summed E-state index contributed by atoms with van der Waals surface area (Å²) in [6, 6.07) is 4.28. The lowest BCUT2D eigenvalue weighted by molar-refractivity contribution is 0.588. The highest BCUT2D eigenvalue weighted by Crippen LogP contribution is 2.38. The standard InChI is InChI=1S/C13H16BrN3/c1-13(2,3)9-6-10(14)17-11(7-9)15-12(16-17)8-4-5-8/h6-8H,4-5H2,1-3H3. The molecule has 2 aromatic rings. The minimum absolute atomic E-state index is 0.135. The van der Waals surface area contributed by atoms with Gasteiger partial charge in [0.2, 0.25) is 0 Å². The SMILES string of the molecule is CC(C)(C)c1cc(Br)n2nc(C3CC3)nc2c1. The van der Waals surface area contributed by atoms with Crippen molar-refractivity contribution >= 4 is 21.6 Å². The summed E-state index contributed by atoms with van der Waals surface area (Å²) in [5.74, 6) is 1.59. The maximum absolute atomic E-state index is 4.63. The molecule has 2 heterocycles. The average Bonchev–Trinajstić information content (AvgIpc) is 2.97. The third-order valence-corrected chi connectivity index (χ3v) is 3.78. The van der Waals surface area contributed by atoms with E-state index in [-0.39, 0.29) is 5.41 Å². The zero-order valence-electron chi connectivity index (χ0n) is 10.4. The Balaban J connectivity index is 2.18. The van der Waals surface area contributed by atoms with Gasteiger partial charge in [0.1, 0.15) is 4.60 Å². The number of aromatic nitrogens is 3. The minimum atomic E-state index is 0.135. The molecule has 1 aliphatic carbocycles. The first-order valence-corrected chi connectivity index (χ1v) is 6.81. The molecule has 0 N–H and O–H groups in total. The van der Waals surface area contributed by atoms with Gasteiger partial charge in [0, 0.05) is 5.92 Å².